The van der Waals surface area contributed by atoms with E-state index in [1.54, 1.807) is 18.7 Å². The lowest BCUT2D eigenvalue weighted by Crippen LogP contribution is -2.42. The van der Waals surface area contributed by atoms with Crippen LogP contribution in [0.1, 0.15) is 36.5 Å². The van der Waals surface area contributed by atoms with Gasteiger partial charge >= 0.3 is 0 Å². The zero-order valence-corrected chi connectivity index (χ0v) is 20.2. The van der Waals surface area contributed by atoms with Crippen LogP contribution in [-0.2, 0) is 16.6 Å². The van der Waals surface area contributed by atoms with E-state index in [0.29, 0.717) is 0 Å². The van der Waals surface area contributed by atoms with Crippen molar-refractivity contribution in [3.8, 4) is 0 Å². The summed E-state index contributed by atoms with van der Waals surface area (Å²) in [5.74, 6) is -0.0343. The smallest absolute Gasteiger partial charge is 0.221 e. The van der Waals surface area contributed by atoms with Crippen molar-refractivity contribution in [1.82, 2.24) is 5.32 Å². The Bertz CT molecular complexity index is 1070. The number of hydrogen-bond donors (Lipinski definition) is 2. The van der Waals surface area contributed by atoms with Crippen LogP contribution in [0, 0.1) is 6.92 Å². The molecule has 0 bridgehead atoms. The molecular formula is C27H29ClN2OS. The second-order valence-corrected chi connectivity index (χ2v) is 10.2. The molecule has 0 radical (unpaired) electrons. The Labute approximate surface area is 200 Å². The molecule has 0 atom stereocenters. The van der Waals surface area contributed by atoms with Crippen LogP contribution in [-0.4, -0.2) is 19.0 Å². The molecule has 0 spiro atoms. The van der Waals surface area contributed by atoms with Crippen molar-refractivity contribution in [1.29, 1.82) is 0 Å². The molecule has 5 heteroatoms. The molecule has 166 valence electrons. The Balaban J connectivity index is 1.58. The van der Waals surface area contributed by atoms with Crippen LogP contribution in [0.5, 0.6) is 0 Å². The zero-order valence-electron chi connectivity index (χ0n) is 18.6. The van der Waals surface area contributed by atoms with Crippen LogP contribution >= 0.6 is 23.4 Å². The van der Waals surface area contributed by atoms with Crippen LogP contribution in [0.2, 0.25) is 5.02 Å². The molecule has 3 nitrogen and oxygen atoms in total. The molecule has 1 aliphatic heterocycles. The Morgan fingerprint density at radius 3 is 2.25 bits per heavy atom. The third-order valence-electron chi connectivity index (χ3n) is 6.21. The molecule has 3 aromatic rings. The van der Waals surface area contributed by atoms with Gasteiger partial charge in [-0.3, -0.25) is 4.79 Å². The van der Waals surface area contributed by atoms with Crippen molar-refractivity contribution < 1.29 is 4.79 Å². The van der Waals surface area contributed by atoms with Crippen LogP contribution in [0.15, 0.2) is 76.5 Å². The van der Waals surface area contributed by atoms with E-state index in [1.807, 2.05) is 18.2 Å². The number of halogens is 1. The van der Waals surface area contributed by atoms with Gasteiger partial charge in [0, 0.05) is 32.8 Å². The first-order valence-electron chi connectivity index (χ1n) is 11.1. The van der Waals surface area contributed by atoms with Gasteiger partial charge in [0.15, 0.2) is 0 Å². The van der Waals surface area contributed by atoms with Crippen LogP contribution in [0.3, 0.4) is 0 Å². The van der Waals surface area contributed by atoms with Gasteiger partial charge in [-0.15, -0.1) is 0 Å². The highest BCUT2D eigenvalue weighted by Crippen LogP contribution is 2.40. The van der Waals surface area contributed by atoms with E-state index in [1.165, 1.54) is 26.5 Å². The molecule has 1 fully saturated rings. The molecule has 32 heavy (non-hydrogen) atoms. The summed E-state index contributed by atoms with van der Waals surface area (Å²) in [5, 5.41) is 7.24. The molecule has 1 heterocycles. The number of benzene rings is 3. The van der Waals surface area contributed by atoms with Crippen molar-refractivity contribution in [3.63, 3.8) is 0 Å². The van der Waals surface area contributed by atoms with Gasteiger partial charge in [0.1, 0.15) is 0 Å². The van der Waals surface area contributed by atoms with Crippen molar-refractivity contribution in [2.45, 2.75) is 48.3 Å². The van der Waals surface area contributed by atoms with Crippen LogP contribution < -0.4 is 10.6 Å². The molecule has 1 saturated heterocycles. The van der Waals surface area contributed by atoms with Crippen LogP contribution in [0.4, 0.5) is 5.69 Å². The predicted molar refractivity (Wildman–Crippen MR) is 135 cm³/mol. The summed E-state index contributed by atoms with van der Waals surface area (Å²) < 4.78 is 0. The highest BCUT2D eigenvalue weighted by molar-refractivity contribution is 7.99. The summed E-state index contributed by atoms with van der Waals surface area (Å²) in [4.78, 5) is 14.0. The maximum atomic E-state index is 11.6. The normalized spacial score (nSPS) is 15.3. The number of rotatable bonds is 6. The highest BCUT2D eigenvalue weighted by Gasteiger charge is 2.35. The second kappa shape index (κ2) is 10.1. The SMILES string of the molecule is CC(=O)Nc1ccc(C)c(C2(Cc3ccc(Sc4ccc(Cl)cc4)cc3)CCNCC2)c1. The van der Waals surface area contributed by atoms with E-state index in [0.717, 1.165) is 43.1 Å². The van der Waals surface area contributed by atoms with E-state index in [4.69, 9.17) is 11.6 Å². The first-order valence-corrected chi connectivity index (χ1v) is 12.2. The number of piperidine rings is 1. The van der Waals surface area contributed by atoms with Gasteiger partial charge in [0.25, 0.3) is 0 Å². The molecule has 1 amide bonds. The maximum absolute atomic E-state index is 11.6. The molecule has 0 aromatic heterocycles. The van der Waals surface area contributed by atoms with Gasteiger partial charge < -0.3 is 10.6 Å². The molecular weight excluding hydrogens is 436 g/mol. The Hall–Kier alpha value is -2.27. The standard InChI is InChI=1S/C27H29ClN2OS/c1-19-3-8-23(30-20(2)31)17-26(19)27(13-15-29-16-14-27)18-21-4-9-24(10-5-21)32-25-11-6-22(28)7-12-25/h3-12,17,29H,13-16,18H2,1-2H3,(H,30,31). The van der Waals surface area contributed by atoms with Gasteiger partial charge in [-0.1, -0.05) is 41.6 Å². The van der Waals surface area contributed by atoms with Crippen molar-refractivity contribution in [2.24, 2.45) is 0 Å². The zero-order chi connectivity index (χ0) is 22.6. The number of amides is 1. The third-order valence-corrected chi connectivity index (χ3v) is 7.47. The topological polar surface area (TPSA) is 41.1 Å². The predicted octanol–water partition coefficient (Wildman–Crippen LogP) is 6.62. The lowest BCUT2D eigenvalue weighted by atomic mass is 9.68. The fourth-order valence-corrected chi connectivity index (χ4v) is 5.57. The van der Waals surface area contributed by atoms with E-state index in [-0.39, 0.29) is 11.3 Å². The van der Waals surface area contributed by atoms with E-state index >= 15 is 0 Å². The average molecular weight is 465 g/mol. The quantitative estimate of drug-likeness (QED) is 0.430. The fraction of sp³-hybridized carbons (Fsp3) is 0.296. The lowest BCUT2D eigenvalue weighted by Gasteiger charge is -2.40. The van der Waals surface area contributed by atoms with Gasteiger partial charge in [-0.05, 0) is 104 Å². The van der Waals surface area contributed by atoms with Crippen molar-refractivity contribution in [2.75, 3.05) is 18.4 Å². The fourth-order valence-electron chi connectivity index (χ4n) is 4.63. The Morgan fingerprint density at radius 2 is 1.62 bits per heavy atom. The second-order valence-electron chi connectivity index (χ2n) is 8.62. The molecule has 0 saturated carbocycles. The minimum Gasteiger partial charge on any atom is -0.326 e. The highest BCUT2D eigenvalue weighted by atomic mass is 35.5. The molecule has 0 aliphatic carbocycles. The molecule has 0 unspecified atom stereocenters. The number of carbonyl (C=O) groups is 1. The van der Waals surface area contributed by atoms with Crippen LogP contribution in [0.25, 0.3) is 0 Å². The first-order chi connectivity index (χ1) is 15.4. The molecule has 2 N–H and O–H groups in total. The lowest BCUT2D eigenvalue weighted by molar-refractivity contribution is -0.114. The minimum absolute atomic E-state index is 0.0343. The van der Waals surface area contributed by atoms with Crippen molar-refractivity contribution in [3.05, 3.63) is 88.4 Å². The summed E-state index contributed by atoms with van der Waals surface area (Å²) in [6, 6.07) is 23.2. The molecule has 1 aliphatic rings. The van der Waals surface area contributed by atoms with E-state index < -0.39 is 0 Å². The summed E-state index contributed by atoms with van der Waals surface area (Å²) in [7, 11) is 0. The summed E-state index contributed by atoms with van der Waals surface area (Å²) in [6.45, 7) is 5.76. The largest absolute Gasteiger partial charge is 0.326 e. The molecule has 4 rings (SSSR count). The maximum Gasteiger partial charge on any atom is 0.221 e. The monoisotopic (exact) mass is 464 g/mol. The van der Waals surface area contributed by atoms with Gasteiger partial charge in [-0.25, -0.2) is 0 Å². The molecule has 3 aromatic carbocycles. The average Bonchev–Trinajstić information content (AvgIpc) is 2.78. The van der Waals surface area contributed by atoms with Gasteiger partial charge in [-0.2, -0.15) is 0 Å². The Kier molecular flexibility index (Phi) is 7.24. The van der Waals surface area contributed by atoms with E-state index in [9.17, 15) is 4.79 Å². The number of aryl methyl sites for hydroxylation is 1. The van der Waals surface area contributed by atoms with Gasteiger partial charge in [0.2, 0.25) is 5.91 Å². The Morgan fingerprint density at radius 1 is 1.00 bits per heavy atom. The number of anilines is 1. The summed E-state index contributed by atoms with van der Waals surface area (Å²) in [5.41, 5.74) is 4.93. The van der Waals surface area contributed by atoms with Crippen molar-refractivity contribution >= 4 is 35.0 Å². The van der Waals surface area contributed by atoms with E-state index in [2.05, 4.69) is 66.1 Å². The number of hydrogen-bond acceptors (Lipinski definition) is 3. The third kappa shape index (κ3) is 5.55. The minimum atomic E-state index is -0.0343. The summed E-state index contributed by atoms with van der Waals surface area (Å²) >= 11 is 7.75. The first kappa shape index (κ1) is 22.9. The van der Waals surface area contributed by atoms with Gasteiger partial charge in [0.05, 0.1) is 0 Å². The number of nitrogens with one attached hydrogen (secondary N) is 2. The number of carbonyl (C=O) groups excluding carboxylic acids is 1. The summed E-state index contributed by atoms with van der Waals surface area (Å²) in [6.07, 6.45) is 3.15.